The molecule has 29 heavy (non-hydrogen) atoms. The summed E-state index contributed by atoms with van der Waals surface area (Å²) in [4.78, 5) is 0. The number of nitrogens with zero attached hydrogens (tertiary/aromatic N) is 1. The number of allylic oxidation sites excluding steroid dienone is 1. The first kappa shape index (κ1) is 22.5. The van der Waals surface area contributed by atoms with E-state index in [0.717, 1.165) is 25.0 Å². The topological polar surface area (TPSA) is 104 Å². The summed E-state index contributed by atoms with van der Waals surface area (Å²) in [6.45, 7) is 2.08. The summed E-state index contributed by atoms with van der Waals surface area (Å²) < 4.78 is 52.0. The lowest BCUT2D eigenvalue weighted by atomic mass is 10.1. The molecule has 10 heteroatoms. The molecule has 0 heterocycles. The van der Waals surface area contributed by atoms with Crippen LogP contribution in [0, 0.1) is 22.7 Å². The Morgan fingerprint density at radius 1 is 1.38 bits per heavy atom. The molecule has 0 unspecified atom stereocenters. The molecule has 158 valence electrons. The Kier molecular flexibility index (Phi) is 7.49. The maximum Gasteiger partial charge on any atom is 0.432 e. The third-order valence-corrected chi connectivity index (χ3v) is 4.27. The van der Waals surface area contributed by atoms with Crippen LogP contribution in [-0.2, 0) is 0 Å². The number of aliphatic hydroxyl groups is 1. The minimum Gasteiger partial charge on any atom is -0.389 e. The van der Waals surface area contributed by atoms with E-state index in [9.17, 15) is 22.7 Å². The van der Waals surface area contributed by atoms with Crippen LogP contribution in [0.25, 0.3) is 0 Å². The molecule has 1 saturated carbocycles. The van der Waals surface area contributed by atoms with Gasteiger partial charge in [0, 0.05) is 36.1 Å². The molecule has 0 saturated heterocycles. The molecule has 0 amide bonds. The zero-order valence-corrected chi connectivity index (χ0v) is 15.8. The van der Waals surface area contributed by atoms with Gasteiger partial charge in [0.2, 0.25) is 0 Å². The van der Waals surface area contributed by atoms with Crippen molar-refractivity contribution in [3.63, 3.8) is 0 Å². The van der Waals surface area contributed by atoms with Crippen molar-refractivity contribution < 1.29 is 22.7 Å². The molecule has 0 spiro atoms. The smallest absolute Gasteiger partial charge is 0.389 e. The summed E-state index contributed by atoms with van der Waals surface area (Å²) in [7, 11) is 0. The molecule has 1 aromatic carbocycles. The number of aliphatic hydroxyl groups excluding tert-OH is 1. The summed E-state index contributed by atoms with van der Waals surface area (Å²) in [5.41, 5.74) is 6.11. The van der Waals surface area contributed by atoms with Gasteiger partial charge in [-0.05, 0) is 50.0 Å². The average molecular weight is 413 g/mol. The average Bonchev–Trinajstić information content (AvgIpc) is 3.45. The quantitative estimate of drug-likeness (QED) is 0.211. The molecule has 1 atom stereocenters. The zero-order chi connectivity index (χ0) is 21.6. The second-order valence-corrected chi connectivity index (χ2v) is 6.89. The minimum absolute atomic E-state index is 0.0729. The molecule has 1 aromatic rings. The predicted octanol–water partition coefficient (Wildman–Crippen LogP) is 5.02. The Bertz CT molecular complexity index is 813. The van der Waals surface area contributed by atoms with Crippen molar-refractivity contribution >= 4 is 11.4 Å². The van der Waals surface area contributed by atoms with E-state index in [4.69, 9.17) is 10.9 Å². The molecule has 1 aliphatic carbocycles. The molecule has 2 rings (SSSR count). The number of benzene rings is 1. The van der Waals surface area contributed by atoms with Gasteiger partial charge >= 0.3 is 6.18 Å². The number of hydrogen-bond acceptors (Lipinski definition) is 6. The van der Waals surface area contributed by atoms with Crippen LogP contribution in [0.3, 0.4) is 0 Å². The lowest BCUT2D eigenvalue weighted by molar-refractivity contribution is -0.0584. The highest BCUT2D eigenvalue weighted by molar-refractivity contribution is 5.97. The number of hydrogen-bond donors (Lipinski definition) is 5. The minimum atomic E-state index is -4.85. The number of anilines is 1. The van der Waals surface area contributed by atoms with Crippen molar-refractivity contribution in [3.05, 3.63) is 53.2 Å². The fourth-order valence-electron chi connectivity index (χ4n) is 2.54. The molecule has 0 bridgehead atoms. The van der Waals surface area contributed by atoms with E-state index in [0.29, 0.717) is 18.5 Å². The molecule has 0 aromatic heterocycles. The number of rotatable bonds is 10. The first-order valence-corrected chi connectivity index (χ1v) is 9.01. The highest BCUT2D eigenvalue weighted by Crippen LogP contribution is 2.29. The Balaban J connectivity index is 2.28. The van der Waals surface area contributed by atoms with Crippen molar-refractivity contribution in [2.75, 3.05) is 11.9 Å². The van der Waals surface area contributed by atoms with Gasteiger partial charge in [0.15, 0.2) is 0 Å². The molecule has 0 radical (unpaired) electrons. The van der Waals surface area contributed by atoms with Crippen LogP contribution < -0.4 is 10.6 Å². The van der Waals surface area contributed by atoms with E-state index in [-0.39, 0.29) is 29.1 Å². The molecule has 0 aliphatic heterocycles. The molecule has 1 fully saturated rings. The summed E-state index contributed by atoms with van der Waals surface area (Å²) >= 11 is 0. The first-order valence-electron chi connectivity index (χ1n) is 9.01. The van der Waals surface area contributed by atoms with Crippen molar-refractivity contribution in [2.45, 2.75) is 38.5 Å². The van der Waals surface area contributed by atoms with Crippen LogP contribution in [0.4, 0.5) is 23.2 Å². The van der Waals surface area contributed by atoms with Crippen molar-refractivity contribution in [1.29, 1.82) is 10.9 Å². The van der Waals surface area contributed by atoms with Gasteiger partial charge in [0.05, 0.1) is 11.8 Å². The highest BCUT2D eigenvalue weighted by Gasteiger charge is 2.33. The van der Waals surface area contributed by atoms with E-state index in [1.807, 2.05) is 0 Å². The summed E-state index contributed by atoms with van der Waals surface area (Å²) in [5, 5.41) is 26.1. The first-order chi connectivity index (χ1) is 13.6. The van der Waals surface area contributed by atoms with Gasteiger partial charge < -0.3 is 15.7 Å². The Hall–Kier alpha value is -2.75. The van der Waals surface area contributed by atoms with E-state index in [1.54, 1.807) is 0 Å². The third-order valence-electron chi connectivity index (χ3n) is 4.27. The van der Waals surface area contributed by atoms with Crippen LogP contribution in [0.1, 0.15) is 37.9 Å². The summed E-state index contributed by atoms with van der Waals surface area (Å²) in [6, 6.07) is 3.46. The fourth-order valence-corrected chi connectivity index (χ4v) is 2.54. The fraction of sp³-hybridized carbons (Fsp3) is 0.421. The Morgan fingerprint density at radius 3 is 2.62 bits per heavy atom. The largest absolute Gasteiger partial charge is 0.432 e. The van der Waals surface area contributed by atoms with Gasteiger partial charge in [0.1, 0.15) is 11.5 Å². The van der Waals surface area contributed by atoms with Crippen LogP contribution in [0.2, 0.25) is 0 Å². The van der Waals surface area contributed by atoms with Gasteiger partial charge in [0.25, 0.3) is 0 Å². The summed E-state index contributed by atoms with van der Waals surface area (Å²) in [5.74, 6) is -0.0522. The molecule has 6 nitrogen and oxygen atoms in total. The van der Waals surface area contributed by atoms with Crippen molar-refractivity contribution in [3.8, 4) is 0 Å². The van der Waals surface area contributed by atoms with Crippen LogP contribution in [-0.4, -0.2) is 23.5 Å². The lowest BCUT2D eigenvalue weighted by Crippen LogP contribution is -2.21. The maximum atomic E-state index is 13.5. The van der Waals surface area contributed by atoms with Crippen LogP contribution in [0.5, 0.6) is 0 Å². The van der Waals surface area contributed by atoms with Gasteiger partial charge in [-0.25, -0.2) is 9.92 Å². The molecular formula is C19H23F4N5O. The van der Waals surface area contributed by atoms with Crippen LogP contribution >= 0.6 is 0 Å². The van der Waals surface area contributed by atoms with Crippen molar-refractivity contribution in [2.24, 2.45) is 11.0 Å². The molecule has 5 N–H and O–H groups in total. The van der Waals surface area contributed by atoms with E-state index in [2.05, 4.69) is 15.7 Å². The standard InChI is InChI=1S/C19H23F4N5O/c1-11(29)16-6-13(20)4-5-17(16)27-14(8-18(24)19(21,22)23)7-15(28-25)10-26-9-12-2-3-12/h4-6,8,10-12,24-27,29H,2-3,7,9H2,1H3/b14-8-,15-10-,24-18?,28-25?/t11-/m1/s1. The van der Waals surface area contributed by atoms with E-state index in [1.165, 1.54) is 19.2 Å². The monoisotopic (exact) mass is 413 g/mol. The lowest BCUT2D eigenvalue weighted by Gasteiger charge is -2.17. The summed E-state index contributed by atoms with van der Waals surface area (Å²) in [6.07, 6.45) is -1.86. The third kappa shape index (κ3) is 7.30. The number of halogens is 4. The number of alkyl halides is 3. The van der Waals surface area contributed by atoms with Crippen molar-refractivity contribution in [1.82, 2.24) is 5.32 Å². The van der Waals surface area contributed by atoms with E-state index < -0.39 is 23.8 Å². The molecule has 1 aliphatic rings. The van der Waals surface area contributed by atoms with Gasteiger partial charge in [-0.3, -0.25) is 5.41 Å². The zero-order valence-electron chi connectivity index (χ0n) is 15.8. The van der Waals surface area contributed by atoms with E-state index >= 15 is 0 Å². The van der Waals surface area contributed by atoms with Crippen LogP contribution in [0.15, 0.2) is 47.0 Å². The Labute approximate surface area is 165 Å². The molecular weight excluding hydrogens is 390 g/mol. The normalized spacial score (nSPS) is 16.3. The van der Waals surface area contributed by atoms with Gasteiger partial charge in [-0.2, -0.15) is 18.3 Å². The van der Waals surface area contributed by atoms with Gasteiger partial charge in [-0.15, -0.1) is 0 Å². The second kappa shape index (κ2) is 9.64. The van der Waals surface area contributed by atoms with Gasteiger partial charge in [-0.1, -0.05) is 0 Å². The predicted molar refractivity (Wildman–Crippen MR) is 101 cm³/mol. The Morgan fingerprint density at radius 2 is 2.07 bits per heavy atom. The highest BCUT2D eigenvalue weighted by atomic mass is 19.4. The number of nitrogens with one attached hydrogen (secondary N) is 4. The maximum absolute atomic E-state index is 13.5. The SMILES string of the molecule is C[C@@H](O)c1cc(F)ccc1N/C(=C\C(=N)C(F)(F)F)C/C(=C/NCC1CC1)N=N. The second-order valence-electron chi connectivity index (χ2n) is 6.89.